The van der Waals surface area contributed by atoms with Gasteiger partial charge in [0.1, 0.15) is 6.04 Å². The van der Waals surface area contributed by atoms with Gasteiger partial charge in [-0.15, -0.1) is 0 Å². The lowest BCUT2D eigenvalue weighted by molar-refractivity contribution is -0.140. The summed E-state index contributed by atoms with van der Waals surface area (Å²) in [5.41, 5.74) is 0. The predicted octanol–water partition coefficient (Wildman–Crippen LogP) is 0.685. The zero-order valence-electron chi connectivity index (χ0n) is 9.62. The summed E-state index contributed by atoms with van der Waals surface area (Å²) in [7, 11) is 0. The first-order valence-electron chi connectivity index (χ1n) is 5.78. The Bertz CT molecular complexity index is 201. The van der Waals surface area contributed by atoms with Crippen molar-refractivity contribution in [1.29, 1.82) is 0 Å². The van der Waals surface area contributed by atoms with E-state index in [1.54, 1.807) is 0 Å². The lowest BCUT2D eigenvalue weighted by Gasteiger charge is -2.25. The highest BCUT2D eigenvalue weighted by Crippen LogP contribution is 2.11. The molecule has 0 spiro atoms. The minimum Gasteiger partial charge on any atom is -0.480 e. The van der Waals surface area contributed by atoms with Crippen molar-refractivity contribution in [3.8, 4) is 0 Å². The van der Waals surface area contributed by atoms with Crippen LogP contribution in [0.25, 0.3) is 0 Å². The average molecular weight is 214 g/mol. The second kappa shape index (κ2) is 6.08. The van der Waals surface area contributed by atoms with E-state index in [1.165, 1.54) is 0 Å². The minimum absolute atomic E-state index is 0.143. The molecular formula is C11H22N2O2. The normalized spacial score (nSPS) is 20.5. The number of carboxylic acids is 1. The van der Waals surface area contributed by atoms with Crippen molar-refractivity contribution >= 4 is 5.97 Å². The van der Waals surface area contributed by atoms with Gasteiger partial charge in [-0.2, -0.15) is 0 Å². The largest absolute Gasteiger partial charge is 0.480 e. The van der Waals surface area contributed by atoms with E-state index in [-0.39, 0.29) is 5.92 Å². The molecule has 88 valence electrons. The summed E-state index contributed by atoms with van der Waals surface area (Å²) in [4.78, 5) is 10.9. The number of piperidine rings is 1. The summed E-state index contributed by atoms with van der Waals surface area (Å²) in [6, 6.07) is -0.403. The van der Waals surface area contributed by atoms with Crippen LogP contribution in [0.4, 0.5) is 0 Å². The maximum Gasteiger partial charge on any atom is 0.320 e. The van der Waals surface area contributed by atoms with Crippen molar-refractivity contribution in [3.05, 3.63) is 0 Å². The number of carbonyl (C=O) groups is 1. The van der Waals surface area contributed by atoms with Crippen LogP contribution in [0.3, 0.4) is 0 Å². The molecule has 15 heavy (non-hydrogen) atoms. The molecule has 0 aromatic rings. The lowest BCUT2D eigenvalue weighted by Crippen LogP contribution is -2.44. The minimum atomic E-state index is -0.737. The number of hydrogen-bond donors (Lipinski definition) is 3. The molecule has 1 aliphatic heterocycles. The van der Waals surface area contributed by atoms with E-state index < -0.39 is 12.0 Å². The Balaban J connectivity index is 2.29. The molecule has 1 aliphatic rings. The summed E-state index contributed by atoms with van der Waals surface area (Å²) in [5.74, 6) is 0.0370. The smallest absolute Gasteiger partial charge is 0.320 e. The summed E-state index contributed by atoms with van der Waals surface area (Å²) in [5, 5.41) is 15.5. The van der Waals surface area contributed by atoms with Gasteiger partial charge in [0.25, 0.3) is 0 Å². The van der Waals surface area contributed by atoms with Gasteiger partial charge in [0.05, 0.1) is 0 Å². The highest BCUT2D eigenvalue weighted by Gasteiger charge is 2.22. The molecule has 3 N–H and O–H groups in total. The average Bonchev–Trinajstić information content (AvgIpc) is 2.18. The molecule has 0 aromatic carbocycles. The monoisotopic (exact) mass is 214 g/mol. The van der Waals surface area contributed by atoms with E-state index in [0.29, 0.717) is 5.92 Å². The molecule has 1 saturated heterocycles. The molecule has 1 heterocycles. The summed E-state index contributed by atoms with van der Waals surface area (Å²) < 4.78 is 0. The van der Waals surface area contributed by atoms with Crippen molar-refractivity contribution in [2.24, 2.45) is 11.8 Å². The molecule has 0 radical (unpaired) electrons. The Kier molecular flexibility index (Phi) is 5.05. The third kappa shape index (κ3) is 4.18. The second-order valence-corrected chi connectivity index (χ2v) is 4.66. The highest BCUT2D eigenvalue weighted by atomic mass is 16.4. The van der Waals surface area contributed by atoms with Crippen molar-refractivity contribution in [1.82, 2.24) is 10.6 Å². The van der Waals surface area contributed by atoms with Crippen LogP contribution in [-0.4, -0.2) is 36.8 Å². The van der Waals surface area contributed by atoms with E-state index in [2.05, 4.69) is 10.6 Å². The molecule has 1 atom stereocenters. The molecule has 1 unspecified atom stereocenters. The number of carboxylic acid groups (broad SMARTS) is 1. The van der Waals surface area contributed by atoms with E-state index >= 15 is 0 Å². The Labute approximate surface area is 91.4 Å². The van der Waals surface area contributed by atoms with Gasteiger partial charge in [0.15, 0.2) is 0 Å². The fraction of sp³-hybridized carbons (Fsp3) is 0.909. The van der Waals surface area contributed by atoms with Crippen LogP contribution >= 0.6 is 0 Å². The van der Waals surface area contributed by atoms with E-state index in [1.807, 2.05) is 13.8 Å². The molecule has 0 saturated carbocycles. The summed E-state index contributed by atoms with van der Waals surface area (Å²) in [6.07, 6.45) is 2.30. The molecule has 4 nitrogen and oxygen atoms in total. The molecule has 0 aliphatic carbocycles. The third-order valence-electron chi connectivity index (χ3n) is 3.02. The molecule has 4 heteroatoms. The van der Waals surface area contributed by atoms with Gasteiger partial charge in [0, 0.05) is 0 Å². The molecular weight excluding hydrogens is 192 g/mol. The van der Waals surface area contributed by atoms with Gasteiger partial charge in [-0.3, -0.25) is 4.79 Å². The van der Waals surface area contributed by atoms with Crippen LogP contribution in [0.5, 0.6) is 0 Å². The van der Waals surface area contributed by atoms with E-state index in [9.17, 15) is 4.79 Å². The maximum atomic E-state index is 10.9. The summed E-state index contributed by atoms with van der Waals surface area (Å²) in [6.45, 7) is 6.83. The van der Waals surface area contributed by atoms with Crippen molar-refractivity contribution < 1.29 is 9.90 Å². The Morgan fingerprint density at radius 2 is 2.07 bits per heavy atom. The fourth-order valence-corrected chi connectivity index (χ4v) is 1.99. The van der Waals surface area contributed by atoms with Gasteiger partial charge in [-0.1, -0.05) is 13.8 Å². The standard InChI is InChI=1S/C11H22N2O2/c1-8(2)10(11(14)15)13-7-9-3-5-12-6-4-9/h8-10,12-13H,3-7H2,1-2H3,(H,14,15). The first-order chi connectivity index (χ1) is 7.11. The third-order valence-corrected chi connectivity index (χ3v) is 3.02. The first-order valence-corrected chi connectivity index (χ1v) is 5.78. The van der Waals surface area contributed by atoms with Crippen LogP contribution in [0.2, 0.25) is 0 Å². The van der Waals surface area contributed by atoms with Crippen LogP contribution in [0.15, 0.2) is 0 Å². The molecule has 1 rings (SSSR count). The number of rotatable bonds is 5. The number of nitrogens with one attached hydrogen (secondary N) is 2. The van der Waals surface area contributed by atoms with Crippen LogP contribution in [0, 0.1) is 11.8 Å². The first kappa shape index (κ1) is 12.5. The highest BCUT2D eigenvalue weighted by molar-refractivity contribution is 5.73. The van der Waals surface area contributed by atoms with Gasteiger partial charge in [0.2, 0.25) is 0 Å². The van der Waals surface area contributed by atoms with Gasteiger partial charge >= 0.3 is 5.97 Å². The van der Waals surface area contributed by atoms with Gasteiger partial charge in [-0.05, 0) is 44.3 Å². The maximum absolute atomic E-state index is 10.9. The van der Waals surface area contributed by atoms with Crippen molar-refractivity contribution in [2.45, 2.75) is 32.7 Å². The Morgan fingerprint density at radius 1 is 1.47 bits per heavy atom. The second-order valence-electron chi connectivity index (χ2n) is 4.66. The Hall–Kier alpha value is -0.610. The topological polar surface area (TPSA) is 61.4 Å². The number of aliphatic carboxylic acids is 1. The van der Waals surface area contributed by atoms with Gasteiger partial charge < -0.3 is 15.7 Å². The number of hydrogen-bond acceptors (Lipinski definition) is 3. The molecule has 0 aromatic heterocycles. The lowest BCUT2D eigenvalue weighted by atomic mass is 9.96. The van der Waals surface area contributed by atoms with E-state index in [0.717, 1.165) is 32.5 Å². The van der Waals surface area contributed by atoms with Gasteiger partial charge in [-0.25, -0.2) is 0 Å². The van der Waals surface area contributed by atoms with E-state index in [4.69, 9.17) is 5.11 Å². The predicted molar refractivity (Wildman–Crippen MR) is 59.9 cm³/mol. The quantitative estimate of drug-likeness (QED) is 0.630. The van der Waals surface area contributed by atoms with Crippen LogP contribution in [0.1, 0.15) is 26.7 Å². The van der Waals surface area contributed by atoms with Crippen molar-refractivity contribution in [3.63, 3.8) is 0 Å². The molecule has 1 fully saturated rings. The van der Waals surface area contributed by atoms with Crippen LogP contribution < -0.4 is 10.6 Å². The zero-order chi connectivity index (χ0) is 11.3. The van der Waals surface area contributed by atoms with Crippen LogP contribution in [-0.2, 0) is 4.79 Å². The SMILES string of the molecule is CC(C)C(NCC1CCNCC1)C(=O)O. The zero-order valence-corrected chi connectivity index (χ0v) is 9.62. The summed E-state index contributed by atoms with van der Waals surface area (Å²) >= 11 is 0. The fourth-order valence-electron chi connectivity index (χ4n) is 1.99. The Morgan fingerprint density at radius 3 is 2.53 bits per heavy atom. The van der Waals surface area contributed by atoms with Crippen molar-refractivity contribution in [2.75, 3.05) is 19.6 Å². The molecule has 0 bridgehead atoms. The molecule has 0 amide bonds.